The number of nitrogens with one attached hydrogen (secondary N) is 1. The Hall–Kier alpha value is -2.86. The van der Waals surface area contributed by atoms with Crippen molar-refractivity contribution in [3.63, 3.8) is 0 Å². The molecule has 0 bridgehead atoms. The molecule has 0 spiro atoms. The number of β-lactam (4-membered cyclic amide) rings is 1. The number of anilines is 1. The average molecular weight is 569 g/mol. The third-order valence-corrected chi connectivity index (χ3v) is 9.23. The lowest BCUT2D eigenvalue weighted by Gasteiger charge is -2.49. The number of carboxylic acids is 1. The number of hydrogen-bond donors (Lipinski definition) is 5. The zero-order chi connectivity index (χ0) is 25.8. The molecule has 7 N–H and O–H groups in total. The van der Waals surface area contributed by atoms with Crippen LogP contribution in [-0.4, -0.2) is 82.5 Å². The molecule has 2 aliphatic rings. The zero-order valence-corrected chi connectivity index (χ0v) is 21.6. The fraction of sp³-hybridized carbons (Fsp3) is 0.316. The second kappa shape index (κ2) is 11.5. The van der Waals surface area contributed by atoms with Crippen molar-refractivity contribution in [1.82, 2.24) is 24.6 Å². The summed E-state index contributed by atoms with van der Waals surface area (Å²) >= 11 is 5.05. The van der Waals surface area contributed by atoms with Gasteiger partial charge in [0.05, 0.1) is 0 Å². The van der Waals surface area contributed by atoms with Gasteiger partial charge in [-0.3, -0.25) is 19.5 Å². The Morgan fingerprint density at radius 3 is 2.86 bits per heavy atom. The van der Waals surface area contributed by atoms with Crippen molar-refractivity contribution in [2.45, 2.75) is 22.1 Å². The molecule has 17 heteroatoms. The van der Waals surface area contributed by atoms with Gasteiger partial charge in [0.2, 0.25) is 11.5 Å². The van der Waals surface area contributed by atoms with Crippen LogP contribution in [0.15, 0.2) is 39.1 Å². The lowest BCUT2D eigenvalue weighted by Crippen LogP contribution is -2.71. The molecule has 0 aliphatic carbocycles. The predicted octanol–water partition coefficient (Wildman–Crippen LogP) is 0.374. The molecule has 0 unspecified atom stereocenters. The van der Waals surface area contributed by atoms with Gasteiger partial charge in [-0.15, -0.1) is 11.8 Å². The smallest absolute Gasteiger partial charge is 0.353 e. The van der Waals surface area contributed by atoms with Crippen molar-refractivity contribution in [1.29, 1.82) is 0 Å². The highest BCUT2D eigenvalue weighted by atomic mass is 32.2. The van der Waals surface area contributed by atoms with Gasteiger partial charge in [-0.1, -0.05) is 16.9 Å². The van der Waals surface area contributed by atoms with E-state index in [4.69, 9.17) is 11.5 Å². The molecule has 2 amide bonds. The van der Waals surface area contributed by atoms with Gasteiger partial charge in [-0.05, 0) is 11.6 Å². The molecule has 1 fully saturated rings. The molecular weight excluding hydrogens is 549 g/mol. The molecule has 190 valence electrons. The van der Waals surface area contributed by atoms with E-state index < -0.39 is 34.9 Å². The summed E-state index contributed by atoms with van der Waals surface area (Å²) in [7, 11) is 0. The maximum Gasteiger partial charge on any atom is 0.353 e. The van der Waals surface area contributed by atoms with E-state index in [1.807, 2.05) is 6.07 Å². The van der Waals surface area contributed by atoms with Crippen molar-refractivity contribution in [2.24, 2.45) is 10.9 Å². The number of aliphatic carboxylic acids is 1. The highest BCUT2D eigenvalue weighted by Crippen LogP contribution is 2.45. The molecule has 2 aromatic rings. The number of carboxylic acid groups (broad SMARTS) is 1. The highest BCUT2D eigenvalue weighted by Gasteiger charge is 2.54. The molecule has 2 aliphatic heterocycles. The Kier molecular flexibility index (Phi) is 8.35. The minimum absolute atomic E-state index is 0.0729. The van der Waals surface area contributed by atoms with E-state index in [2.05, 4.69) is 24.8 Å². The SMILES string of the molecule is NCCSCc1ccncc1SC1=C(C(=O)O)N2C(=O)[C@@H](NC(=O)/C(=N\O)c3nsc(N)n3)[C@H]2SC1. The highest BCUT2D eigenvalue weighted by molar-refractivity contribution is 8.06. The summed E-state index contributed by atoms with van der Waals surface area (Å²) in [6.07, 6.45) is 3.34. The number of pyridine rings is 1. The first-order valence-electron chi connectivity index (χ1n) is 10.3. The molecule has 0 radical (unpaired) electrons. The monoisotopic (exact) mass is 568 g/mol. The van der Waals surface area contributed by atoms with Crippen LogP contribution in [0, 0.1) is 0 Å². The van der Waals surface area contributed by atoms with Gasteiger partial charge < -0.3 is 27.1 Å². The number of fused-ring (bicyclic) bond motifs is 1. The summed E-state index contributed by atoms with van der Waals surface area (Å²) in [6, 6.07) is 0.856. The van der Waals surface area contributed by atoms with Gasteiger partial charge in [0, 0.05) is 57.5 Å². The number of nitrogens with zero attached hydrogens (tertiary/aromatic N) is 5. The second-order valence-corrected chi connectivity index (χ2v) is 11.4. The summed E-state index contributed by atoms with van der Waals surface area (Å²) in [4.78, 5) is 48.2. The van der Waals surface area contributed by atoms with Gasteiger partial charge in [0.15, 0.2) is 5.13 Å². The molecule has 4 rings (SSSR count). The first-order chi connectivity index (χ1) is 17.3. The van der Waals surface area contributed by atoms with Crippen LogP contribution >= 0.6 is 46.8 Å². The topological polar surface area (TPSA) is 210 Å². The van der Waals surface area contributed by atoms with Crippen molar-refractivity contribution >= 4 is 75.4 Å². The predicted molar refractivity (Wildman–Crippen MR) is 138 cm³/mol. The molecular formula is C19H20N8O5S4. The fourth-order valence-corrected chi connectivity index (χ4v) is 7.30. The molecule has 0 aromatic carbocycles. The lowest BCUT2D eigenvalue weighted by molar-refractivity contribution is -0.150. The maximum absolute atomic E-state index is 12.9. The third kappa shape index (κ3) is 5.29. The van der Waals surface area contributed by atoms with Crippen LogP contribution in [0.5, 0.6) is 0 Å². The fourth-order valence-electron chi connectivity index (χ4n) is 3.42. The molecule has 13 nitrogen and oxygen atoms in total. The van der Waals surface area contributed by atoms with Crippen LogP contribution in [0.4, 0.5) is 5.13 Å². The van der Waals surface area contributed by atoms with E-state index >= 15 is 0 Å². The van der Waals surface area contributed by atoms with Crippen LogP contribution in [0.25, 0.3) is 0 Å². The Morgan fingerprint density at radius 1 is 1.39 bits per heavy atom. The van der Waals surface area contributed by atoms with Crippen molar-refractivity contribution < 1.29 is 24.7 Å². The molecule has 4 heterocycles. The third-order valence-electron chi connectivity index (χ3n) is 5.01. The quantitative estimate of drug-likeness (QED) is 0.0863. The summed E-state index contributed by atoms with van der Waals surface area (Å²) in [5.74, 6) is -1.12. The summed E-state index contributed by atoms with van der Waals surface area (Å²) in [5, 5.41) is 24.0. The number of thioether (sulfide) groups is 3. The second-order valence-electron chi connectivity index (χ2n) is 7.27. The Bertz CT molecular complexity index is 1250. The number of rotatable bonds is 10. The normalized spacial score (nSPS) is 19.6. The Morgan fingerprint density at radius 2 is 2.19 bits per heavy atom. The Labute approximate surface area is 221 Å². The Balaban J connectivity index is 1.51. The minimum atomic E-state index is -1.25. The molecule has 2 atom stereocenters. The summed E-state index contributed by atoms with van der Waals surface area (Å²) in [6.45, 7) is 0.555. The first kappa shape index (κ1) is 26.2. The number of carbonyl (C=O) groups excluding carboxylic acids is 2. The molecule has 1 saturated heterocycles. The van der Waals surface area contributed by atoms with Crippen LogP contribution in [0.2, 0.25) is 0 Å². The van der Waals surface area contributed by atoms with Crippen LogP contribution in [-0.2, 0) is 20.1 Å². The maximum atomic E-state index is 12.9. The minimum Gasteiger partial charge on any atom is -0.477 e. The zero-order valence-electron chi connectivity index (χ0n) is 18.4. The van der Waals surface area contributed by atoms with Crippen LogP contribution in [0.3, 0.4) is 0 Å². The van der Waals surface area contributed by atoms with Gasteiger partial charge in [-0.2, -0.15) is 21.1 Å². The number of aromatic nitrogens is 3. The van der Waals surface area contributed by atoms with Gasteiger partial charge in [0.1, 0.15) is 17.1 Å². The van der Waals surface area contributed by atoms with Crippen molar-refractivity contribution in [2.75, 3.05) is 23.8 Å². The van der Waals surface area contributed by atoms with Crippen LogP contribution < -0.4 is 16.8 Å². The lowest BCUT2D eigenvalue weighted by atomic mass is 10.0. The number of amides is 2. The molecule has 36 heavy (non-hydrogen) atoms. The largest absolute Gasteiger partial charge is 0.477 e. The van der Waals surface area contributed by atoms with E-state index in [0.29, 0.717) is 23.0 Å². The van der Waals surface area contributed by atoms with Crippen LogP contribution in [0.1, 0.15) is 11.4 Å². The molecule has 0 saturated carbocycles. The van der Waals surface area contributed by atoms with Crippen molar-refractivity contribution in [3.05, 3.63) is 40.5 Å². The molecule has 2 aromatic heterocycles. The van der Waals surface area contributed by atoms with E-state index in [1.54, 1.807) is 24.2 Å². The number of nitrogens with two attached hydrogens (primary N) is 2. The van der Waals surface area contributed by atoms with E-state index in [-0.39, 0.29) is 16.7 Å². The van der Waals surface area contributed by atoms with E-state index in [1.165, 1.54) is 23.5 Å². The van der Waals surface area contributed by atoms with Gasteiger partial charge >= 0.3 is 5.97 Å². The standard InChI is InChI=1S/C19H20N8O5S4/c20-2-4-33-6-8-1-3-22-5-9(8)35-10-7-34-17-12(16(29)27(17)13(10)18(30)31)23-15(28)11(25-32)14-24-19(21)36-26-14/h1,3,5,12,17,32H,2,4,6-7,20H2,(H,23,28)(H,30,31)(H2,21,24,26)/b25-11-/t12-,17-/m1/s1. The van der Waals surface area contributed by atoms with Gasteiger partial charge in [-0.25, -0.2) is 4.79 Å². The van der Waals surface area contributed by atoms with Gasteiger partial charge in [0.25, 0.3) is 11.8 Å². The summed E-state index contributed by atoms with van der Waals surface area (Å²) < 4.78 is 3.83. The summed E-state index contributed by atoms with van der Waals surface area (Å²) in [5.41, 5.74) is 11.4. The number of carbonyl (C=O) groups is 3. The van der Waals surface area contributed by atoms with E-state index in [0.717, 1.165) is 32.6 Å². The number of oxime groups is 1. The van der Waals surface area contributed by atoms with E-state index in [9.17, 15) is 24.7 Å². The first-order valence-corrected chi connectivity index (χ1v) is 14.1. The number of hydrogen-bond acceptors (Lipinski definition) is 14. The average Bonchev–Trinajstić information content (AvgIpc) is 3.29. The van der Waals surface area contributed by atoms with Crippen molar-refractivity contribution in [3.8, 4) is 0 Å². The number of nitrogen functional groups attached to an aromatic ring is 1.